The van der Waals surface area contributed by atoms with Crippen molar-refractivity contribution in [2.24, 2.45) is 0 Å². The molecule has 148 valence electrons. The van der Waals surface area contributed by atoms with Crippen LogP contribution in [0.5, 0.6) is 5.75 Å². The van der Waals surface area contributed by atoms with Crippen LogP contribution in [0.15, 0.2) is 48.5 Å². The van der Waals surface area contributed by atoms with Crippen molar-refractivity contribution in [2.75, 3.05) is 32.8 Å². The molecule has 0 bridgehead atoms. The zero-order valence-corrected chi connectivity index (χ0v) is 16.7. The number of fused-ring (bicyclic) bond motifs is 1. The smallest absolute Gasteiger partial charge is 0.278 e. The van der Waals surface area contributed by atoms with Crippen molar-refractivity contribution in [1.82, 2.24) is 5.32 Å². The number of nitrogens with one attached hydrogen (secondary N) is 3. The van der Waals surface area contributed by atoms with E-state index in [9.17, 15) is 4.79 Å². The van der Waals surface area contributed by atoms with Crippen molar-refractivity contribution in [1.29, 1.82) is 0 Å². The van der Waals surface area contributed by atoms with E-state index >= 15 is 0 Å². The first kappa shape index (κ1) is 19.0. The molecule has 2 aliphatic heterocycles. The second-order valence-corrected chi connectivity index (χ2v) is 8.05. The summed E-state index contributed by atoms with van der Waals surface area (Å²) in [6.45, 7) is 8.86. The van der Waals surface area contributed by atoms with Gasteiger partial charge in [-0.05, 0) is 36.2 Å². The van der Waals surface area contributed by atoms with Crippen LogP contribution in [-0.4, -0.2) is 44.7 Å². The molecule has 4 rings (SSSR count). The lowest BCUT2D eigenvalue weighted by Gasteiger charge is -2.32. The molecule has 0 aromatic heterocycles. The van der Waals surface area contributed by atoms with Crippen LogP contribution in [0.4, 0.5) is 0 Å². The maximum absolute atomic E-state index is 12.5. The highest BCUT2D eigenvalue weighted by Gasteiger charge is 2.31. The Morgan fingerprint density at radius 1 is 1.07 bits per heavy atom. The fourth-order valence-electron chi connectivity index (χ4n) is 4.30. The minimum atomic E-state index is 0.00223. The van der Waals surface area contributed by atoms with Crippen LogP contribution in [0, 0.1) is 0 Å². The summed E-state index contributed by atoms with van der Waals surface area (Å²) in [5, 5.41) is 3.09. The number of piperazine rings is 1. The van der Waals surface area contributed by atoms with Gasteiger partial charge >= 0.3 is 0 Å². The van der Waals surface area contributed by atoms with Gasteiger partial charge < -0.3 is 19.9 Å². The van der Waals surface area contributed by atoms with Crippen LogP contribution in [-0.2, 0) is 24.3 Å². The Morgan fingerprint density at radius 3 is 2.64 bits per heavy atom. The highest BCUT2D eigenvalue weighted by molar-refractivity contribution is 5.79. The van der Waals surface area contributed by atoms with Gasteiger partial charge in [-0.1, -0.05) is 30.3 Å². The lowest BCUT2D eigenvalue weighted by Crippen LogP contribution is -3.29. The molecule has 1 saturated heterocycles. The minimum absolute atomic E-state index is 0.00223. The lowest BCUT2D eigenvalue weighted by atomic mass is 10.1. The van der Waals surface area contributed by atoms with Crippen molar-refractivity contribution in [3.8, 4) is 5.75 Å². The number of rotatable bonds is 6. The maximum Gasteiger partial charge on any atom is 0.278 e. The van der Waals surface area contributed by atoms with Crippen LogP contribution >= 0.6 is 0 Å². The Bertz CT molecular complexity index is 801. The van der Waals surface area contributed by atoms with E-state index in [4.69, 9.17) is 4.74 Å². The summed E-state index contributed by atoms with van der Waals surface area (Å²) < 4.78 is 5.61. The molecule has 3 N–H and O–H groups in total. The lowest BCUT2D eigenvalue weighted by molar-refractivity contribution is -1.02. The first-order valence-corrected chi connectivity index (χ1v) is 10.4. The van der Waals surface area contributed by atoms with Gasteiger partial charge in [0.25, 0.3) is 5.91 Å². The molecule has 2 aromatic carbocycles. The molecule has 1 amide bonds. The molecule has 2 aromatic rings. The maximum atomic E-state index is 12.5. The molecule has 1 fully saturated rings. The van der Waals surface area contributed by atoms with Gasteiger partial charge in [-0.25, -0.2) is 0 Å². The molecule has 5 nitrogen and oxygen atoms in total. The zero-order valence-electron chi connectivity index (χ0n) is 16.7. The predicted octanol–water partition coefficient (Wildman–Crippen LogP) is -0.390. The first-order valence-electron chi connectivity index (χ1n) is 10.4. The SMILES string of the molecule is C[C@@H](C(=O)NCc1ccccc1)[NH+]1CC[NH+](Cc2ccc3c(c2)CCO3)CC1. The molecule has 5 heteroatoms. The number of hydrogen-bond acceptors (Lipinski definition) is 2. The number of quaternary nitrogens is 2. The largest absolute Gasteiger partial charge is 0.493 e. The van der Waals surface area contributed by atoms with E-state index in [-0.39, 0.29) is 11.9 Å². The number of hydrogen-bond donors (Lipinski definition) is 3. The molecular formula is C23H31N3O2+2. The van der Waals surface area contributed by atoms with Crippen molar-refractivity contribution in [2.45, 2.75) is 32.5 Å². The molecule has 28 heavy (non-hydrogen) atoms. The van der Waals surface area contributed by atoms with Crippen LogP contribution < -0.4 is 19.9 Å². The van der Waals surface area contributed by atoms with Crippen LogP contribution in [0.25, 0.3) is 0 Å². The molecule has 0 saturated carbocycles. The van der Waals surface area contributed by atoms with Crippen LogP contribution in [0.3, 0.4) is 0 Å². The van der Waals surface area contributed by atoms with Crippen LogP contribution in [0.2, 0.25) is 0 Å². The van der Waals surface area contributed by atoms with Crippen molar-refractivity contribution in [3.63, 3.8) is 0 Å². The van der Waals surface area contributed by atoms with E-state index in [1.54, 1.807) is 4.90 Å². The van der Waals surface area contributed by atoms with Gasteiger partial charge in [-0.2, -0.15) is 0 Å². The molecule has 0 unspecified atom stereocenters. The van der Waals surface area contributed by atoms with Gasteiger partial charge in [0.2, 0.25) is 0 Å². The molecule has 2 heterocycles. The summed E-state index contributed by atoms with van der Waals surface area (Å²) in [4.78, 5) is 15.6. The normalized spacial score (nSPS) is 22.2. The highest BCUT2D eigenvalue weighted by atomic mass is 16.5. The minimum Gasteiger partial charge on any atom is -0.493 e. The molecule has 2 aliphatic rings. The van der Waals surface area contributed by atoms with Gasteiger partial charge in [-0.15, -0.1) is 0 Å². The summed E-state index contributed by atoms with van der Waals surface area (Å²) >= 11 is 0. The average molecular weight is 382 g/mol. The molecule has 1 atom stereocenters. The second kappa shape index (κ2) is 8.76. The van der Waals surface area contributed by atoms with Crippen molar-refractivity contribution >= 4 is 5.91 Å². The molecule has 0 spiro atoms. The fraction of sp³-hybridized carbons (Fsp3) is 0.435. The number of amides is 1. The number of carbonyl (C=O) groups is 1. The average Bonchev–Trinajstić information content (AvgIpc) is 3.21. The van der Waals surface area contributed by atoms with E-state index in [1.165, 1.54) is 16.0 Å². The fourth-order valence-corrected chi connectivity index (χ4v) is 4.30. The van der Waals surface area contributed by atoms with E-state index < -0.39 is 0 Å². The van der Waals surface area contributed by atoms with Crippen molar-refractivity contribution in [3.05, 3.63) is 65.2 Å². The summed E-state index contributed by atoms with van der Waals surface area (Å²) in [7, 11) is 0. The topological polar surface area (TPSA) is 47.2 Å². The van der Waals surface area contributed by atoms with Crippen LogP contribution in [0.1, 0.15) is 23.6 Å². The second-order valence-electron chi connectivity index (χ2n) is 8.05. The zero-order chi connectivity index (χ0) is 19.3. The number of carbonyl (C=O) groups excluding carboxylic acids is 1. The molecular weight excluding hydrogens is 350 g/mol. The summed E-state index contributed by atoms with van der Waals surface area (Å²) in [6, 6.07) is 16.7. The third-order valence-electron chi connectivity index (χ3n) is 6.12. The Labute approximate surface area is 167 Å². The van der Waals surface area contributed by atoms with Gasteiger partial charge in [-0.3, -0.25) is 4.79 Å². The Hall–Kier alpha value is -2.37. The monoisotopic (exact) mass is 381 g/mol. The summed E-state index contributed by atoms with van der Waals surface area (Å²) in [5.74, 6) is 1.21. The van der Waals surface area contributed by atoms with Gasteiger partial charge in [0.05, 0.1) is 6.61 Å². The van der Waals surface area contributed by atoms with E-state index in [0.29, 0.717) is 6.54 Å². The third-order valence-corrected chi connectivity index (χ3v) is 6.12. The van der Waals surface area contributed by atoms with Gasteiger partial charge in [0, 0.05) is 18.5 Å². The Balaban J connectivity index is 1.23. The Morgan fingerprint density at radius 2 is 1.86 bits per heavy atom. The third kappa shape index (κ3) is 4.54. The standard InChI is InChI=1S/C23H29N3O2/c1-18(23(27)24-16-19-5-3-2-4-6-19)26-12-10-25(11-13-26)17-20-7-8-22-21(15-20)9-14-28-22/h2-8,15,18H,9-14,16-17H2,1H3,(H,24,27)/p+2/t18-/m0/s1. The number of benzene rings is 2. The van der Waals surface area contributed by atoms with Gasteiger partial charge in [0.15, 0.2) is 6.04 Å². The van der Waals surface area contributed by atoms with E-state index in [0.717, 1.165) is 57.1 Å². The highest BCUT2D eigenvalue weighted by Crippen LogP contribution is 2.25. The van der Waals surface area contributed by atoms with E-state index in [1.807, 2.05) is 30.3 Å². The van der Waals surface area contributed by atoms with Crippen molar-refractivity contribution < 1.29 is 19.3 Å². The molecule has 0 aliphatic carbocycles. The van der Waals surface area contributed by atoms with Gasteiger partial charge in [0.1, 0.15) is 38.5 Å². The Kier molecular flexibility index (Phi) is 5.93. The number of ether oxygens (including phenoxy) is 1. The quantitative estimate of drug-likeness (QED) is 0.638. The summed E-state index contributed by atoms with van der Waals surface area (Å²) in [6.07, 6.45) is 1.03. The first-order chi connectivity index (χ1) is 13.7. The predicted molar refractivity (Wildman–Crippen MR) is 108 cm³/mol. The molecule has 0 radical (unpaired) electrons. The van der Waals surface area contributed by atoms with E-state index in [2.05, 4.69) is 30.4 Å². The summed E-state index contributed by atoms with van der Waals surface area (Å²) in [5.41, 5.74) is 3.90.